The maximum Gasteiger partial charge on any atom is 0.444 e. The average Bonchev–Trinajstić information content (AvgIpc) is 3.16. The van der Waals surface area contributed by atoms with Gasteiger partial charge in [-0.3, -0.25) is 0 Å². The van der Waals surface area contributed by atoms with Crippen LogP contribution in [0, 0.1) is 0 Å². The van der Waals surface area contributed by atoms with Gasteiger partial charge >= 0.3 is 24.0 Å². The number of amides is 4. The first-order valence-electron chi connectivity index (χ1n) is 17.4. The van der Waals surface area contributed by atoms with Gasteiger partial charge in [0.25, 0.3) is 0 Å². The Bertz CT molecular complexity index is 1660. The fraction of sp³-hybridized carbons (Fsp3) is 0.300. The van der Waals surface area contributed by atoms with Crippen LogP contribution in [0.4, 0.5) is 9.59 Å². The van der Waals surface area contributed by atoms with E-state index in [1.807, 2.05) is 98.7 Å². The molecule has 0 fully saturated rings. The van der Waals surface area contributed by atoms with Gasteiger partial charge in [0.1, 0.15) is 0 Å². The Kier molecular flexibility index (Phi) is 16.1. The highest BCUT2D eigenvalue weighted by atomic mass is 35.5. The van der Waals surface area contributed by atoms with E-state index in [4.69, 9.17) is 32.9 Å². The Morgan fingerprint density at radius 1 is 0.537 bits per heavy atom. The van der Waals surface area contributed by atoms with Gasteiger partial charge in [0.05, 0.1) is 12.1 Å². The molecule has 0 aliphatic heterocycles. The minimum Gasteiger partial charge on any atom is -0.331 e. The number of carbonyl (C=O) groups excluding carboxylic acids is 4. The van der Waals surface area contributed by atoms with Crippen LogP contribution in [0.25, 0.3) is 0 Å². The highest BCUT2D eigenvalue weighted by Crippen LogP contribution is 2.29. The molecule has 0 aliphatic carbocycles. The number of halogens is 2. The highest BCUT2D eigenvalue weighted by molar-refractivity contribution is 6.31. The summed E-state index contributed by atoms with van der Waals surface area (Å²) in [6.45, 7) is 1.20. The van der Waals surface area contributed by atoms with Crippen molar-refractivity contribution in [1.82, 2.24) is 30.6 Å². The molecular weight excluding hydrogens is 731 g/mol. The van der Waals surface area contributed by atoms with Crippen LogP contribution < -0.4 is 10.6 Å². The molecule has 0 radical (unpaired) electrons. The number of hydrogen-bond acceptors (Lipinski definition) is 8. The predicted molar refractivity (Wildman–Crippen MR) is 208 cm³/mol. The van der Waals surface area contributed by atoms with E-state index in [2.05, 4.69) is 10.6 Å². The van der Waals surface area contributed by atoms with Gasteiger partial charge in [-0.1, -0.05) is 108 Å². The van der Waals surface area contributed by atoms with E-state index >= 15 is 0 Å². The number of hydrogen-bond donors (Lipinski definition) is 2. The molecule has 4 aromatic carbocycles. The van der Waals surface area contributed by atoms with E-state index in [0.717, 1.165) is 21.3 Å². The summed E-state index contributed by atoms with van der Waals surface area (Å²) in [6.07, 6.45) is 0.625. The summed E-state index contributed by atoms with van der Waals surface area (Å²) in [7, 11) is 7.47. The number of rotatable bonds is 14. The molecule has 0 saturated heterocycles. The van der Waals surface area contributed by atoms with Crippen molar-refractivity contribution < 1.29 is 28.9 Å². The summed E-state index contributed by atoms with van der Waals surface area (Å²) in [5.74, 6) is -3.03. The smallest absolute Gasteiger partial charge is 0.331 e. The Labute approximate surface area is 326 Å². The summed E-state index contributed by atoms with van der Waals surface area (Å²) in [5, 5.41) is 8.18. The summed E-state index contributed by atoms with van der Waals surface area (Å²) in [6, 6.07) is 28.6. The molecule has 4 rings (SSSR count). The minimum absolute atomic E-state index is 0.114. The van der Waals surface area contributed by atoms with Gasteiger partial charge in [0.2, 0.25) is 0 Å². The molecule has 2 N–H and O–H groups in total. The molecule has 2 atom stereocenters. The normalized spacial score (nSPS) is 12.1. The number of urea groups is 2. The molecule has 0 aliphatic rings. The molecule has 286 valence electrons. The molecule has 0 spiro atoms. The molecule has 4 aromatic rings. The zero-order valence-electron chi connectivity index (χ0n) is 30.8. The first kappa shape index (κ1) is 41.6. The molecular formula is C40H46Cl2N6O6. The Hall–Kier alpha value is -5.14. The van der Waals surface area contributed by atoms with E-state index in [-0.39, 0.29) is 13.1 Å². The van der Waals surface area contributed by atoms with E-state index < -0.39 is 36.1 Å². The number of nitrogens with zero attached hydrogens (tertiary/aromatic N) is 4. The summed E-state index contributed by atoms with van der Waals surface area (Å²) in [5.41, 5.74) is 2.81. The van der Waals surface area contributed by atoms with Crippen LogP contribution in [-0.2, 0) is 32.4 Å². The lowest BCUT2D eigenvalue weighted by atomic mass is 10.0. The van der Waals surface area contributed by atoms with Crippen molar-refractivity contribution in [3.63, 3.8) is 0 Å². The van der Waals surface area contributed by atoms with Crippen LogP contribution in [0.2, 0.25) is 10.0 Å². The van der Waals surface area contributed by atoms with Crippen LogP contribution in [-0.4, -0.2) is 85.2 Å². The van der Waals surface area contributed by atoms with Crippen LogP contribution in [0.3, 0.4) is 0 Å². The summed E-state index contributed by atoms with van der Waals surface area (Å²) < 4.78 is 0. The molecule has 0 heterocycles. The van der Waals surface area contributed by atoms with Crippen molar-refractivity contribution in [2.75, 3.05) is 41.3 Å². The largest absolute Gasteiger partial charge is 0.444 e. The Morgan fingerprint density at radius 2 is 0.870 bits per heavy atom. The number of hydroxylamine groups is 4. The first-order chi connectivity index (χ1) is 25.9. The monoisotopic (exact) mass is 776 g/mol. The van der Waals surface area contributed by atoms with Gasteiger partial charge in [-0.2, -0.15) is 0 Å². The standard InChI is InChI=1S/C40H46Cl2N6O6/c1-45(2)25-23-35(31-15-19-33(41)20-16-31)47(39(51)43-27-29-11-7-5-8-12-29)53-37(49)38(50)54-48(40(52)44-28-30-13-9-6-10-14-30)36(24-26-46(3)4)32-17-21-34(42)22-18-32/h5-22,35-36H,23-28H2,1-4H3,(H,43,51)(H,44,52). The topological polar surface area (TPSA) is 124 Å². The Morgan fingerprint density at radius 3 is 1.19 bits per heavy atom. The van der Waals surface area contributed by atoms with Gasteiger partial charge in [-0.15, -0.1) is 10.1 Å². The fourth-order valence-corrected chi connectivity index (χ4v) is 5.67. The lowest BCUT2D eigenvalue weighted by molar-refractivity contribution is -0.213. The summed E-state index contributed by atoms with van der Waals surface area (Å²) in [4.78, 5) is 70.3. The zero-order valence-corrected chi connectivity index (χ0v) is 32.3. The molecule has 0 bridgehead atoms. The maximum atomic E-state index is 13.9. The SMILES string of the molecule is CN(C)CCC(c1ccc(Cl)cc1)N(OC(=O)C(=O)ON(C(=O)NCc1ccccc1)C(CCN(C)C)c1ccc(Cl)cc1)C(=O)NCc1ccccc1. The van der Waals surface area contributed by atoms with Crippen LogP contribution >= 0.6 is 23.2 Å². The van der Waals surface area contributed by atoms with Gasteiger partial charge in [-0.05, 0) is 101 Å². The quantitative estimate of drug-likeness (QED) is 0.104. The van der Waals surface area contributed by atoms with E-state index in [1.165, 1.54) is 0 Å². The molecule has 12 nitrogen and oxygen atoms in total. The van der Waals surface area contributed by atoms with Gasteiger partial charge < -0.3 is 30.1 Å². The lowest BCUT2D eigenvalue weighted by Gasteiger charge is -2.32. The molecule has 54 heavy (non-hydrogen) atoms. The van der Waals surface area contributed by atoms with Gasteiger partial charge in [-0.25, -0.2) is 19.2 Å². The van der Waals surface area contributed by atoms with E-state index in [9.17, 15) is 19.2 Å². The lowest BCUT2D eigenvalue weighted by Crippen LogP contribution is -2.48. The van der Waals surface area contributed by atoms with Gasteiger partial charge in [0.15, 0.2) is 0 Å². The van der Waals surface area contributed by atoms with E-state index in [0.29, 0.717) is 47.1 Å². The molecule has 14 heteroatoms. The molecule has 0 saturated carbocycles. The highest BCUT2D eigenvalue weighted by Gasteiger charge is 2.36. The van der Waals surface area contributed by atoms with Crippen molar-refractivity contribution >= 4 is 47.2 Å². The van der Waals surface area contributed by atoms with Crippen LogP contribution in [0.5, 0.6) is 0 Å². The van der Waals surface area contributed by atoms with Gasteiger partial charge in [0, 0.05) is 23.1 Å². The Balaban J connectivity index is 1.65. The first-order valence-corrected chi connectivity index (χ1v) is 18.1. The molecule has 0 aromatic heterocycles. The second-order valence-corrected chi connectivity index (χ2v) is 13.9. The molecule has 4 amide bonds. The third-order valence-electron chi connectivity index (χ3n) is 8.28. The van der Waals surface area contributed by atoms with Crippen molar-refractivity contribution in [1.29, 1.82) is 0 Å². The van der Waals surface area contributed by atoms with Crippen LogP contribution in [0.15, 0.2) is 109 Å². The molecule has 2 unspecified atom stereocenters. The average molecular weight is 778 g/mol. The fourth-order valence-electron chi connectivity index (χ4n) is 5.42. The predicted octanol–water partition coefficient (Wildman–Crippen LogP) is 7.02. The van der Waals surface area contributed by atoms with Crippen molar-refractivity contribution in [2.45, 2.75) is 38.0 Å². The maximum absolute atomic E-state index is 13.9. The minimum atomic E-state index is -1.52. The third-order valence-corrected chi connectivity index (χ3v) is 8.78. The van der Waals surface area contributed by atoms with Crippen molar-refractivity contribution in [2.24, 2.45) is 0 Å². The second kappa shape index (κ2) is 20.9. The number of nitrogens with one attached hydrogen (secondary N) is 2. The van der Waals surface area contributed by atoms with Crippen LogP contribution in [0.1, 0.15) is 47.2 Å². The van der Waals surface area contributed by atoms with E-state index in [1.54, 1.807) is 48.5 Å². The number of benzene rings is 4. The third kappa shape index (κ3) is 13.1. The van der Waals surface area contributed by atoms with Crippen molar-refractivity contribution in [3.8, 4) is 0 Å². The second-order valence-electron chi connectivity index (χ2n) is 13.0. The zero-order chi connectivity index (χ0) is 39.0. The summed E-state index contributed by atoms with van der Waals surface area (Å²) >= 11 is 12.4. The van der Waals surface area contributed by atoms with Crippen molar-refractivity contribution in [3.05, 3.63) is 141 Å². The number of carbonyl (C=O) groups is 4.